The largest absolute Gasteiger partial charge is 0.314 e. The van der Waals surface area contributed by atoms with Gasteiger partial charge >= 0.3 is 0 Å². The van der Waals surface area contributed by atoms with E-state index in [2.05, 4.69) is 57.7 Å². The number of benzene rings is 1. The molecule has 5 aromatic rings. The van der Waals surface area contributed by atoms with Crippen LogP contribution in [0.5, 0.6) is 0 Å². The molecule has 1 N–H and O–H groups in total. The monoisotopic (exact) mass is 463 g/mol. The zero-order chi connectivity index (χ0) is 24.2. The van der Waals surface area contributed by atoms with Crippen LogP contribution >= 0.6 is 0 Å². The molecule has 0 atom stereocenters. The topological polar surface area (TPSA) is 71.2 Å². The van der Waals surface area contributed by atoms with Crippen LogP contribution in [-0.4, -0.2) is 55.6 Å². The summed E-state index contributed by atoms with van der Waals surface area (Å²) in [6.07, 6.45) is 7.73. The second kappa shape index (κ2) is 10.1. The molecule has 1 fully saturated rings. The summed E-state index contributed by atoms with van der Waals surface area (Å²) in [4.78, 5) is 16.6. The second-order valence-electron chi connectivity index (χ2n) is 8.57. The van der Waals surface area contributed by atoms with Crippen molar-refractivity contribution in [2.45, 2.75) is 13.5 Å². The van der Waals surface area contributed by atoms with Gasteiger partial charge in [0.25, 0.3) is 0 Å². The molecule has 1 aliphatic heterocycles. The van der Waals surface area contributed by atoms with Crippen molar-refractivity contribution < 1.29 is 0 Å². The van der Waals surface area contributed by atoms with E-state index in [1.165, 1.54) is 5.56 Å². The van der Waals surface area contributed by atoms with Crippen LogP contribution in [0.25, 0.3) is 38.9 Å². The zero-order valence-electron chi connectivity index (χ0n) is 20.0. The summed E-state index contributed by atoms with van der Waals surface area (Å²) in [6, 6.07) is 14.6. The average molecular weight is 464 g/mol. The fourth-order valence-corrected chi connectivity index (χ4v) is 4.50. The third-order valence-electron chi connectivity index (χ3n) is 6.25. The highest BCUT2D eigenvalue weighted by atomic mass is 15.2. The number of pyridine rings is 2. The summed E-state index contributed by atoms with van der Waals surface area (Å²) in [5.41, 5.74) is 7.97. The molecule has 0 spiro atoms. The normalized spacial score (nSPS) is 14.1. The summed E-state index contributed by atoms with van der Waals surface area (Å²) in [6.45, 7) is 13.2. The third-order valence-corrected chi connectivity index (χ3v) is 6.25. The van der Waals surface area contributed by atoms with Gasteiger partial charge in [0.15, 0.2) is 5.65 Å². The molecule has 0 radical (unpaired) electrons. The van der Waals surface area contributed by atoms with Crippen LogP contribution < -0.4 is 5.32 Å². The van der Waals surface area contributed by atoms with Crippen LogP contribution in [0, 0.1) is 6.92 Å². The van der Waals surface area contributed by atoms with Gasteiger partial charge in [0.05, 0.1) is 17.4 Å². The van der Waals surface area contributed by atoms with Crippen LogP contribution in [0.4, 0.5) is 0 Å². The number of hydrogen-bond donors (Lipinski definition) is 1. The number of piperazine rings is 1. The van der Waals surface area contributed by atoms with Crippen molar-refractivity contribution in [3.8, 4) is 22.4 Å². The Morgan fingerprint density at radius 2 is 1.77 bits per heavy atom. The Bertz CT molecular complexity index is 1450. The van der Waals surface area contributed by atoms with Crippen LogP contribution in [0.1, 0.15) is 11.3 Å². The first kappa shape index (κ1) is 22.8. The van der Waals surface area contributed by atoms with Crippen LogP contribution in [-0.2, 0) is 6.54 Å². The Balaban J connectivity index is 0.00000124. The first-order valence-electron chi connectivity index (χ1n) is 11.8. The highest BCUT2D eigenvalue weighted by Gasteiger charge is 2.14. The molecule has 0 amide bonds. The van der Waals surface area contributed by atoms with Crippen molar-refractivity contribution >= 4 is 16.6 Å². The quantitative estimate of drug-likeness (QED) is 0.395. The maximum atomic E-state index is 4.76. The lowest BCUT2D eigenvalue weighted by molar-refractivity contribution is 0.233. The minimum absolute atomic E-state index is 0.821. The molecule has 176 valence electrons. The van der Waals surface area contributed by atoms with Gasteiger partial charge < -0.3 is 5.32 Å². The van der Waals surface area contributed by atoms with Gasteiger partial charge in [0, 0.05) is 73.5 Å². The zero-order valence-corrected chi connectivity index (χ0v) is 20.0. The maximum Gasteiger partial charge on any atom is 0.162 e. The number of hydrogen-bond acceptors (Lipinski definition) is 6. The highest BCUT2D eigenvalue weighted by Crippen LogP contribution is 2.31. The lowest BCUT2D eigenvalue weighted by Gasteiger charge is -2.27. The minimum Gasteiger partial charge on any atom is -0.314 e. The molecule has 1 aromatic carbocycles. The molecular formula is C28H29N7. The van der Waals surface area contributed by atoms with Gasteiger partial charge in [-0.25, -0.2) is 9.50 Å². The lowest BCUT2D eigenvalue weighted by Crippen LogP contribution is -2.42. The van der Waals surface area contributed by atoms with E-state index in [4.69, 9.17) is 9.97 Å². The van der Waals surface area contributed by atoms with Gasteiger partial charge in [-0.1, -0.05) is 24.3 Å². The van der Waals surface area contributed by atoms with Crippen LogP contribution in [0.2, 0.25) is 0 Å². The Morgan fingerprint density at radius 1 is 0.914 bits per heavy atom. The summed E-state index contributed by atoms with van der Waals surface area (Å²) < 4.78 is 1.83. The van der Waals surface area contributed by atoms with Crippen molar-refractivity contribution in [3.05, 3.63) is 91.7 Å². The van der Waals surface area contributed by atoms with Crippen LogP contribution in [0.15, 0.2) is 80.4 Å². The standard InChI is InChI=1S/C26H25N7.C2H4/c1-18-5-7-22-21(3-2-4-25(22)31-18)23-15-30-33-17-20(14-29-26(23)33)24-8-6-19(13-28-24)16-32-11-9-27-10-12-32;1-2/h2-8,13-15,17,27H,9-12,16H2,1H3;1-2H2. The lowest BCUT2D eigenvalue weighted by atomic mass is 10.0. The Hall–Kier alpha value is -3.94. The Labute approximate surface area is 205 Å². The molecule has 0 unspecified atom stereocenters. The Kier molecular flexibility index (Phi) is 6.61. The maximum absolute atomic E-state index is 4.76. The first-order chi connectivity index (χ1) is 17.2. The smallest absolute Gasteiger partial charge is 0.162 e. The van der Waals surface area contributed by atoms with Crippen molar-refractivity contribution in [1.29, 1.82) is 0 Å². The molecule has 0 saturated carbocycles. The molecule has 1 aliphatic rings. The molecular weight excluding hydrogens is 434 g/mol. The van der Waals surface area contributed by atoms with E-state index in [1.54, 1.807) is 0 Å². The van der Waals surface area contributed by atoms with Crippen molar-refractivity contribution in [3.63, 3.8) is 0 Å². The van der Waals surface area contributed by atoms with Crippen molar-refractivity contribution in [1.82, 2.24) is 34.8 Å². The third kappa shape index (κ3) is 4.69. The van der Waals surface area contributed by atoms with Crippen LogP contribution in [0.3, 0.4) is 0 Å². The number of rotatable bonds is 4. The van der Waals surface area contributed by atoms with Gasteiger partial charge in [-0.15, -0.1) is 13.2 Å². The van der Waals surface area contributed by atoms with Crippen molar-refractivity contribution in [2.24, 2.45) is 0 Å². The predicted molar refractivity (Wildman–Crippen MR) is 141 cm³/mol. The summed E-state index contributed by atoms with van der Waals surface area (Å²) in [7, 11) is 0. The first-order valence-corrected chi connectivity index (χ1v) is 11.8. The van der Waals surface area contributed by atoms with E-state index in [-0.39, 0.29) is 0 Å². The van der Waals surface area contributed by atoms with Gasteiger partial charge in [0.2, 0.25) is 0 Å². The summed E-state index contributed by atoms with van der Waals surface area (Å²) in [5, 5.41) is 9.09. The molecule has 4 aromatic heterocycles. The van der Waals surface area contributed by atoms with Gasteiger partial charge in [-0.2, -0.15) is 5.10 Å². The molecule has 7 nitrogen and oxygen atoms in total. The Morgan fingerprint density at radius 3 is 2.57 bits per heavy atom. The van der Waals surface area contributed by atoms with Crippen molar-refractivity contribution in [2.75, 3.05) is 26.2 Å². The number of aromatic nitrogens is 5. The number of nitrogens with zero attached hydrogens (tertiary/aromatic N) is 6. The van der Waals surface area contributed by atoms with E-state index < -0.39 is 0 Å². The molecule has 1 saturated heterocycles. The number of aryl methyl sites for hydroxylation is 1. The fourth-order valence-electron chi connectivity index (χ4n) is 4.50. The van der Waals surface area contributed by atoms with Gasteiger partial charge in [0.1, 0.15) is 0 Å². The molecule has 0 aliphatic carbocycles. The molecule has 7 heteroatoms. The van der Waals surface area contributed by atoms with Gasteiger partial charge in [-0.3, -0.25) is 14.9 Å². The molecule has 5 heterocycles. The number of nitrogens with one attached hydrogen (secondary N) is 1. The molecule has 35 heavy (non-hydrogen) atoms. The van der Waals surface area contributed by atoms with E-state index in [1.807, 2.05) is 54.4 Å². The predicted octanol–water partition coefficient (Wildman–Crippen LogP) is 4.52. The number of fused-ring (bicyclic) bond motifs is 2. The fraction of sp³-hybridized carbons (Fsp3) is 0.214. The van der Waals surface area contributed by atoms with E-state index >= 15 is 0 Å². The summed E-state index contributed by atoms with van der Waals surface area (Å²) in [5.74, 6) is 0. The molecule has 6 rings (SSSR count). The van der Waals surface area contributed by atoms with E-state index in [0.717, 1.165) is 77.4 Å². The SMILES string of the molecule is C=C.Cc1ccc2c(-c3cnn4cc(-c5ccc(CN6CCNCC6)cn5)cnc34)cccc2n1. The van der Waals surface area contributed by atoms with E-state index in [9.17, 15) is 0 Å². The highest BCUT2D eigenvalue weighted by molar-refractivity contribution is 5.98. The average Bonchev–Trinajstić information content (AvgIpc) is 3.33. The minimum atomic E-state index is 0.821. The molecule has 0 bridgehead atoms. The second-order valence-corrected chi connectivity index (χ2v) is 8.57. The summed E-state index contributed by atoms with van der Waals surface area (Å²) >= 11 is 0. The van der Waals surface area contributed by atoms with E-state index in [0.29, 0.717) is 0 Å². The van der Waals surface area contributed by atoms with Gasteiger partial charge in [-0.05, 0) is 36.2 Å².